The molecule has 0 heterocycles. The van der Waals surface area contributed by atoms with Crippen LogP contribution in [0.1, 0.15) is 24.8 Å². The zero-order valence-corrected chi connectivity index (χ0v) is 10.5. The molecule has 15 heavy (non-hydrogen) atoms. The highest BCUT2D eigenvalue weighted by Crippen LogP contribution is 2.38. The third-order valence-electron chi connectivity index (χ3n) is 3.05. The predicted octanol–water partition coefficient (Wildman–Crippen LogP) is 2.88. The highest BCUT2D eigenvalue weighted by atomic mass is 79.9. The normalized spacial score (nSPS) is 17.5. The number of hydrogen-bond acceptors (Lipinski definition) is 2. The molecule has 0 unspecified atom stereocenters. The SMILES string of the molecule is COc1cccc(CCC2(N)CC2)c1Br. The lowest BCUT2D eigenvalue weighted by Gasteiger charge is -2.11. The summed E-state index contributed by atoms with van der Waals surface area (Å²) in [6.45, 7) is 0. The topological polar surface area (TPSA) is 35.2 Å². The zero-order valence-electron chi connectivity index (χ0n) is 8.92. The van der Waals surface area contributed by atoms with E-state index < -0.39 is 0 Å². The maximum Gasteiger partial charge on any atom is 0.133 e. The van der Waals surface area contributed by atoms with Crippen LogP contribution in [0.2, 0.25) is 0 Å². The van der Waals surface area contributed by atoms with E-state index in [1.54, 1.807) is 7.11 Å². The highest BCUT2D eigenvalue weighted by Gasteiger charge is 2.37. The molecule has 2 nitrogen and oxygen atoms in total. The van der Waals surface area contributed by atoms with Gasteiger partial charge in [0.25, 0.3) is 0 Å². The molecule has 1 aliphatic carbocycles. The summed E-state index contributed by atoms with van der Waals surface area (Å²) in [4.78, 5) is 0. The number of halogens is 1. The van der Waals surface area contributed by atoms with E-state index in [2.05, 4.69) is 22.0 Å². The van der Waals surface area contributed by atoms with Crippen LogP contribution in [0.4, 0.5) is 0 Å². The van der Waals surface area contributed by atoms with E-state index in [1.165, 1.54) is 18.4 Å². The summed E-state index contributed by atoms with van der Waals surface area (Å²) in [6.07, 6.45) is 4.44. The van der Waals surface area contributed by atoms with Crippen molar-refractivity contribution in [2.75, 3.05) is 7.11 Å². The van der Waals surface area contributed by atoms with E-state index in [9.17, 15) is 0 Å². The average Bonchev–Trinajstić information content (AvgIpc) is 2.96. The fourth-order valence-corrected chi connectivity index (χ4v) is 2.33. The van der Waals surface area contributed by atoms with Crippen molar-refractivity contribution in [2.45, 2.75) is 31.2 Å². The number of nitrogens with two attached hydrogens (primary N) is 1. The molecule has 0 amide bonds. The van der Waals surface area contributed by atoms with Crippen molar-refractivity contribution in [3.63, 3.8) is 0 Å². The van der Waals surface area contributed by atoms with Crippen LogP contribution >= 0.6 is 15.9 Å². The standard InChI is InChI=1S/C12H16BrNO/c1-15-10-4-2-3-9(11(10)13)5-6-12(14)7-8-12/h2-4H,5-8,14H2,1H3. The van der Waals surface area contributed by atoms with Crippen LogP contribution in [0.5, 0.6) is 5.75 Å². The summed E-state index contributed by atoms with van der Waals surface area (Å²) >= 11 is 3.56. The Balaban J connectivity index is 2.07. The minimum Gasteiger partial charge on any atom is -0.496 e. The Morgan fingerprint density at radius 3 is 2.80 bits per heavy atom. The highest BCUT2D eigenvalue weighted by molar-refractivity contribution is 9.10. The van der Waals surface area contributed by atoms with Crippen molar-refractivity contribution in [1.29, 1.82) is 0 Å². The molecule has 0 aliphatic heterocycles. The van der Waals surface area contributed by atoms with E-state index >= 15 is 0 Å². The van der Waals surface area contributed by atoms with Crippen LogP contribution < -0.4 is 10.5 Å². The van der Waals surface area contributed by atoms with Gasteiger partial charge in [-0.05, 0) is 53.2 Å². The van der Waals surface area contributed by atoms with Gasteiger partial charge in [0.05, 0.1) is 11.6 Å². The van der Waals surface area contributed by atoms with Crippen molar-refractivity contribution in [2.24, 2.45) is 5.73 Å². The third-order valence-corrected chi connectivity index (χ3v) is 3.95. The Kier molecular flexibility index (Phi) is 3.03. The van der Waals surface area contributed by atoms with Gasteiger partial charge < -0.3 is 10.5 Å². The monoisotopic (exact) mass is 269 g/mol. The minimum atomic E-state index is 0.127. The van der Waals surface area contributed by atoms with Gasteiger partial charge in [-0.1, -0.05) is 12.1 Å². The molecule has 0 bridgehead atoms. The minimum absolute atomic E-state index is 0.127. The molecule has 0 radical (unpaired) electrons. The largest absolute Gasteiger partial charge is 0.496 e. The summed E-state index contributed by atoms with van der Waals surface area (Å²) < 4.78 is 6.32. The van der Waals surface area contributed by atoms with Gasteiger partial charge in [0, 0.05) is 5.54 Å². The molecule has 1 aromatic carbocycles. The lowest BCUT2D eigenvalue weighted by Crippen LogP contribution is -2.22. The lowest BCUT2D eigenvalue weighted by molar-refractivity contribution is 0.411. The Morgan fingerprint density at radius 1 is 1.47 bits per heavy atom. The average molecular weight is 270 g/mol. The first kappa shape index (κ1) is 11.0. The summed E-state index contributed by atoms with van der Waals surface area (Å²) in [6, 6.07) is 6.11. The molecule has 0 saturated heterocycles. The third kappa shape index (κ3) is 2.52. The lowest BCUT2D eigenvalue weighted by atomic mass is 10.0. The number of ether oxygens (including phenoxy) is 1. The zero-order chi connectivity index (χ0) is 10.9. The second kappa shape index (κ2) is 4.14. The molecule has 0 aromatic heterocycles. The summed E-state index contributed by atoms with van der Waals surface area (Å²) in [5.41, 5.74) is 7.48. The molecule has 2 N–H and O–H groups in total. The van der Waals surface area contributed by atoms with Crippen LogP contribution in [-0.4, -0.2) is 12.6 Å². The quantitative estimate of drug-likeness (QED) is 0.913. The van der Waals surface area contributed by atoms with Gasteiger partial charge >= 0.3 is 0 Å². The Morgan fingerprint density at radius 2 is 2.20 bits per heavy atom. The number of rotatable bonds is 4. The van der Waals surface area contributed by atoms with Crippen LogP contribution in [0.15, 0.2) is 22.7 Å². The maximum atomic E-state index is 6.07. The van der Waals surface area contributed by atoms with Crippen LogP contribution in [0, 0.1) is 0 Å². The first-order valence-electron chi connectivity index (χ1n) is 5.25. The van der Waals surface area contributed by atoms with Crippen LogP contribution in [0.3, 0.4) is 0 Å². The van der Waals surface area contributed by atoms with E-state index in [1.807, 2.05) is 12.1 Å². The molecule has 3 heteroatoms. The number of aryl methyl sites for hydroxylation is 1. The van der Waals surface area contributed by atoms with E-state index in [0.29, 0.717) is 0 Å². The first-order chi connectivity index (χ1) is 7.14. The van der Waals surface area contributed by atoms with Gasteiger partial charge in [-0.3, -0.25) is 0 Å². The molecule has 0 spiro atoms. The Hall–Kier alpha value is -0.540. The molecule has 1 saturated carbocycles. The van der Waals surface area contributed by atoms with Crippen molar-refractivity contribution >= 4 is 15.9 Å². The fourth-order valence-electron chi connectivity index (χ4n) is 1.70. The Bertz CT molecular complexity index is 361. The molecule has 1 fully saturated rings. The van der Waals surface area contributed by atoms with Crippen LogP contribution in [-0.2, 0) is 6.42 Å². The predicted molar refractivity (Wildman–Crippen MR) is 65.2 cm³/mol. The number of benzene rings is 1. The van der Waals surface area contributed by atoms with Gasteiger partial charge in [-0.15, -0.1) is 0 Å². The second-order valence-corrected chi connectivity index (χ2v) is 5.09. The number of methoxy groups -OCH3 is 1. The fraction of sp³-hybridized carbons (Fsp3) is 0.500. The molecular formula is C12H16BrNO. The van der Waals surface area contributed by atoms with Crippen molar-refractivity contribution in [3.05, 3.63) is 28.2 Å². The van der Waals surface area contributed by atoms with Crippen LogP contribution in [0.25, 0.3) is 0 Å². The summed E-state index contributed by atoms with van der Waals surface area (Å²) in [5, 5.41) is 0. The van der Waals surface area contributed by atoms with Gasteiger partial charge in [0.2, 0.25) is 0 Å². The summed E-state index contributed by atoms with van der Waals surface area (Å²) in [5.74, 6) is 0.898. The molecule has 1 aromatic rings. The van der Waals surface area contributed by atoms with E-state index in [-0.39, 0.29) is 5.54 Å². The van der Waals surface area contributed by atoms with Gasteiger partial charge in [-0.2, -0.15) is 0 Å². The second-order valence-electron chi connectivity index (χ2n) is 4.30. The molecule has 82 valence electrons. The van der Waals surface area contributed by atoms with Gasteiger partial charge in [0.1, 0.15) is 5.75 Å². The van der Waals surface area contributed by atoms with E-state index in [4.69, 9.17) is 10.5 Å². The van der Waals surface area contributed by atoms with Gasteiger partial charge in [0.15, 0.2) is 0 Å². The smallest absolute Gasteiger partial charge is 0.133 e. The molecular weight excluding hydrogens is 254 g/mol. The first-order valence-corrected chi connectivity index (χ1v) is 6.04. The Labute approximate surface area is 98.9 Å². The molecule has 1 aliphatic rings. The number of hydrogen-bond donors (Lipinski definition) is 1. The van der Waals surface area contributed by atoms with Gasteiger partial charge in [-0.25, -0.2) is 0 Å². The van der Waals surface area contributed by atoms with Crippen molar-refractivity contribution in [1.82, 2.24) is 0 Å². The molecule has 2 rings (SSSR count). The van der Waals surface area contributed by atoms with Crippen molar-refractivity contribution in [3.8, 4) is 5.75 Å². The molecule has 0 atom stereocenters. The van der Waals surface area contributed by atoms with E-state index in [0.717, 1.165) is 23.1 Å². The summed E-state index contributed by atoms with van der Waals surface area (Å²) in [7, 11) is 1.69. The maximum absolute atomic E-state index is 6.07. The van der Waals surface area contributed by atoms with Crippen molar-refractivity contribution < 1.29 is 4.74 Å².